The summed E-state index contributed by atoms with van der Waals surface area (Å²) < 4.78 is 0. The van der Waals surface area contributed by atoms with Gasteiger partial charge >= 0.3 is 0 Å². The first kappa shape index (κ1) is 21.7. The summed E-state index contributed by atoms with van der Waals surface area (Å²) in [5.41, 5.74) is 3.74. The fourth-order valence-electron chi connectivity index (χ4n) is 3.31. The smallest absolute Gasteiger partial charge is 0.0318 e. The van der Waals surface area contributed by atoms with Gasteiger partial charge in [-0.3, -0.25) is 0 Å². The van der Waals surface area contributed by atoms with E-state index >= 15 is 0 Å². The Balaban J connectivity index is 4.69. The zero-order valence-electron chi connectivity index (χ0n) is 16.3. The van der Waals surface area contributed by atoms with Crippen molar-refractivity contribution in [3.63, 3.8) is 0 Å². The topological polar surface area (TPSA) is 0 Å². The summed E-state index contributed by atoms with van der Waals surface area (Å²) in [4.78, 5) is 0. The van der Waals surface area contributed by atoms with E-state index in [-0.39, 0.29) is 0 Å². The molecule has 0 saturated carbocycles. The maximum Gasteiger partial charge on any atom is -0.0318 e. The van der Waals surface area contributed by atoms with E-state index in [1.54, 1.807) is 0 Å². The lowest BCUT2D eigenvalue weighted by Gasteiger charge is -2.16. The highest BCUT2D eigenvalue weighted by Gasteiger charge is 2.07. The first-order valence-corrected chi connectivity index (χ1v) is 10.5. The molecule has 0 nitrogen and oxygen atoms in total. The molecule has 0 bridgehead atoms. The highest BCUT2D eigenvalue weighted by molar-refractivity contribution is 5.14. The summed E-state index contributed by atoms with van der Waals surface area (Å²) in [5, 5.41) is 0. The number of hydrogen-bond donors (Lipinski definition) is 0. The van der Waals surface area contributed by atoms with Crippen LogP contribution in [-0.4, -0.2) is 0 Å². The fraction of sp³-hybridized carbons (Fsp3) is 0.909. The van der Waals surface area contributed by atoms with Gasteiger partial charge in [-0.2, -0.15) is 0 Å². The van der Waals surface area contributed by atoms with E-state index in [4.69, 9.17) is 0 Å². The van der Waals surface area contributed by atoms with Crippen LogP contribution in [-0.2, 0) is 0 Å². The Hall–Kier alpha value is -0.260. The maximum atomic E-state index is 2.32. The van der Waals surface area contributed by atoms with Gasteiger partial charge in [-0.25, -0.2) is 0 Å². The summed E-state index contributed by atoms with van der Waals surface area (Å²) in [7, 11) is 0. The van der Waals surface area contributed by atoms with Crippen molar-refractivity contribution in [2.24, 2.45) is 0 Å². The van der Waals surface area contributed by atoms with Crippen LogP contribution in [0.3, 0.4) is 0 Å². The quantitative estimate of drug-likeness (QED) is 0.198. The molecule has 22 heavy (non-hydrogen) atoms. The average Bonchev–Trinajstić information content (AvgIpc) is 2.53. The SMILES string of the molecule is CCCCCC(CCCCC)=C(CCCCC)CCCCC. The van der Waals surface area contributed by atoms with Crippen LogP contribution in [0.2, 0.25) is 0 Å². The molecule has 0 aliphatic carbocycles. The summed E-state index contributed by atoms with van der Waals surface area (Å²) in [5.74, 6) is 0. The van der Waals surface area contributed by atoms with E-state index in [1.807, 2.05) is 11.1 Å². The van der Waals surface area contributed by atoms with Gasteiger partial charge < -0.3 is 0 Å². The molecule has 0 spiro atoms. The van der Waals surface area contributed by atoms with Crippen LogP contribution in [0.5, 0.6) is 0 Å². The Bertz CT molecular complexity index is 199. The van der Waals surface area contributed by atoms with Crippen LogP contribution in [0.15, 0.2) is 11.1 Å². The molecule has 0 aliphatic heterocycles. The van der Waals surface area contributed by atoms with Gasteiger partial charge in [0.15, 0.2) is 0 Å². The zero-order chi connectivity index (χ0) is 16.5. The molecule has 0 heterocycles. The molecule has 0 rings (SSSR count). The lowest BCUT2D eigenvalue weighted by Crippen LogP contribution is -1.96. The Labute approximate surface area is 142 Å². The van der Waals surface area contributed by atoms with Crippen molar-refractivity contribution in [3.05, 3.63) is 11.1 Å². The molecule has 0 aromatic rings. The van der Waals surface area contributed by atoms with Gasteiger partial charge in [0.2, 0.25) is 0 Å². The van der Waals surface area contributed by atoms with Crippen LogP contribution in [0, 0.1) is 0 Å². The van der Waals surface area contributed by atoms with Gasteiger partial charge in [-0.05, 0) is 51.4 Å². The van der Waals surface area contributed by atoms with Crippen molar-refractivity contribution in [2.75, 3.05) is 0 Å². The van der Waals surface area contributed by atoms with E-state index in [2.05, 4.69) is 27.7 Å². The summed E-state index contributed by atoms with van der Waals surface area (Å²) in [6, 6.07) is 0. The molecule has 0 aromatic carbocycles. The Kier molecular flexibility index (Phi) is 16.9. The number of allylic oxidation sites excluding steroid dienone is 2. The minimum atomic E-state index is 1.35. The van der Waals surface area contributed by atoms with Crippen LogP contribution in [0.4, 0.5) is 0 Å². The molecule has 0 aliphatic rings. The van der Waals surface area contributed by atoms with Crippen LogP contribution < -0.4 is 0 Å². The summed E-state index contributed by atoms with van der Waals surface area (Å²) in [6.45, 7) is 9.29. The molecule has 0 atom stereocenters. The number of hydrogen-bond acceptors (Lipinski definition) is 0. The second-order valence-electron chi connectivity index (χ2n) is 7.04. The average molecular weight is 309 g/mol. The highest BCUT2D eigenvalue weighted by Crippen LogP contribution is 2.27. The van der Waals surface area contributed by atoms with E-state index < -0.39 is 0 Å². The fourth-order valence-corrected chi connectivity index (χ4v) is 3.31. The van der Waals surface area contributed by atoms with E-state index in [1.165, 1.54) is 103 Å². The highest BCUT2D eigenvalue weighted by atomic mass is 14.1. The predicted molar refractivity (Wildman–Crippen MR) is 104 cm³/mol. The largest absolute Gasteiger partial charge is 0.0710 e. The minimum Gasteiger partial charge on any atom is -0.0710 e. The van der Waals surface area contributed by atoms with Crippen LogP contribution in [0.1, 0.15) is 130 Å². The maximum absolute atomic E-state index is 2.32. The Morgan fingerprint density at radius 3 is 0.773 bits per heavy atom. The normalized spacial score (nSPS) is 10.9. The zero-order valence-corrected chi connectivity index (χ0v) is 16.3. The summed E-state index contributed by atoms with van der Waals surface area (Å²) in [6.07, 6.45) is 22.3. The Morgan fingerprint density at radius 2 is 0.591 bits per heavy atom. The van der Waals surface area contributed by atoms with Crippen LogP contribution in [0.25, 0.3) is 0 Å². The minimum absolute atomic E-state index is 1.35. The van der Waals surface area contributed by atoms with Gasteiger partial charge in [0.25, 0.3) is 0 Å². The third-order valence-electron chi connectivity index (χ3n) is 4.83. The summed E-state index contributed by atoms with van der Waals surface area (Å²) >= 11 is 0. The van der Waals surface area contributed by atoms with E-state index in [0.717, 1.165) is 0 Å². The number of unbranched alkanes of at least 4 members (excludes halogenated alkanes) is 8. The second-order valence-corrected chi connectivity index (χ2v) is 7.04. The first-order valence-electron chi connectivity index (χ1n) is 10.5. The molecule has 0 saturated heterocycles. The second kappa shape index (κ2) is 17.1. The first-order chi connectivity index (χ1) is 10.8. The molecule has 0 amide bonds. The van der Waals surface area contributed by atoms with Crippen molar-refractivity contribution in [2.45, 2.75) is 130 Å². The molecule has 0 unspecified atom stereocenters. The molecular formula is C22H44. The predicted octanol–water partition coefficient (Wildman–Crippen LogP) is 8.60. The molecule has 0 N–H and O–H groups in total. The monoisotopic (exact) mass is 308 g/mol. The number of rotatable bonds is 16. The van der Waals surface area contributed by atoms with E-state index in [0.29, 0.717) is 0 Å². The van der Waals surface area contributed by atoms with Crippen molar-refractivity contribution in [1.29, 1.82) is 0 Å². The lowest BCUT2D eigenvalue weighted by molar-refractivity contribution is 0.615. The van der Waals surface area contributed by atoms with Crippen molar-refractivity contribution in [3.8, 4) is 0 Å². The molecule has 0 radical (unpaired) electrons. The molecule has 0 aromatic heterocycles. The molecule has 0 heteroatoms. The third-order valence-corrected chi connectivity index (χ3v) is 4.83. The van der Waals surface area contributed by atoms with Gasteiger partial charge in [-0.15, -0.1) is 0 Å². The standard InChI is InChI=1S/C22H44/c1-5-9-13-17-21(18-14-10-6-2)22(19-15-11-7-3)20-16-12-8-4/h5-20H2,1-4H3. The lowest BCUT2D eigenvalue weighted by atomic mass is 9.90. The van der Waals surface area contributed by atoms with Gasteiger partial charge in [0.1, 0.15) is 0 Å². The van der Waals surface area contributed by atoms with Gasteiger partial charge in [0, 0.05) is 0 Å². The molecule has 132 valence electrons. The molecular weight excluding hydrogens is 264 g/mol. The van der Waals surface area contributed by atoms with Crippen molar-refractivity contribution in [1.82, 2.24) is 0 Å². The van der Waals surface area contributed by atoms with E-state index in [9.17, 15) is 0 Å². The Morgan fingerprint density at radius 1 is 0.364 bits per heavy atom. The van der Waals surface area contributed by atoms with Gasteiger partial charge in [0.05, 0.1) is 0 Å². The molecule has 0 fully saturated rings. The van der Waals surface area contributed by atoms with Crippen molar-refractivity contribution >= 4 is 0 Å². The van der Waals surface area contributed by atoms with Crippen molar-refractivity contribution < 1.29 is 0 Å². The van der Waals surface area contributed by atoms with Gasteiger partial charge in [-0.1, -0.05) is 90.2 Å². The van der Waals surface area contributed by atoms with Crippen LogP contribution >= 0.6 is 0 Å². The third kappa shape index (κ3) is 12.3.